The van der Waals surface area contributed by atoms with Gasteiger partial charge in [0.2, 0.25) is 0 Å². The van der Waals surface area contributed by atoms with Gasteiger partial charge in [-0.3, -0.25) is 4.79 Å². The molecule has 2 aromatic heterocycles. The molecule has 0 spiro atoms. The maximum absolute atomic E-state index is 12.4. The number of carbonyl (C=O) groups is 1. The Morgan fingerprint density at radius 3 is 2.81 bits per heavy atom. The Morgan fingerprint density at radius 1 is 1.29 bits per heavy atom. The van der Waals surface area contributed by atoms with E-state index in [0.717, 1.165) is 29.9 Å². The molecule has 0 saturated heterocycles. The first-order valence-corrected chi connectivity index (χ1v) is 7.09. The molecule has 0 unspecified atom stereocenters. The number of hydrogen-bond donors (Lipinski definition) is 1. The summed E-state index contributed by atoms with van der Waals surface area (Å²) in [5.74, 6) is 1.00. The Kier molecular flexibility index (Phi) is 3.60. The van der Waals surface area contributed by atoms with Crippen molar-refractivity contribution in [3.8, 4) is 0 Å². The minimum absolute atomic E-state index is 0.0483. The van der Waals surface area contributed by atoms with Crippen LogP contribution in [0.3, 0.4) is 0 Å². The number of fused-ring (bicyclic) bond motifs is 1. The fourth-order valence-corrected chi connectivity index (χ4v) is 2.73. The first-order chi connectivity index (χ1) is 10.2. The molecular weight excluding hydrogens is 266 g/mol. The SMILES string of the molecule is CN(C)c1ncnc2c1CCN(C(=O)c1ccc[nH]1)CC2. The first-order valence-electron chi connectivity index (χ1n) is 7.09. The number of rotatable bonds is 2. The van der Waals surface area contributed by atoms with E-state index >= 15 is 0 Å². The Morgan fingerprint density at radius 2 is 2.10 bits per heavy atom. The molecule has 3 rings (SSSR count). The van der Waals surface area contributed by atoms with Crippen molar-refractivity contribution in [3.63, 3.8) is 0 Å². The number of H-pyrrole nitrogens is 1. The summed E-state index contributed by atoms with van der Waals surface area (Å²) in [5.41, 5.74) is 2.85. The van der Waals surface area contributed by atoms with Gasteiger partial charge in [-0.1, -0.05) is 0 Å². The number of aromatic amines is 1. The summed E-state index contributed by atoms with van der Waals surface area (Å²) in [6.45, 7) is 1.38. The van der Waals surface area contributed by atoms with Gasteiger partial charge in [0.1, 0.15) is 17.8 Å². The van der Waals surface area contributed by atoms with Crippen LogP contribution in [-0.2, 0) is 12.8 Å². The molecule has 0 bridgehead atoms. The maximum atomic E-state index is 12.4. The molecule has 21 heavy (non-hydrogen) atoms. The monoisotopic (exact) mass is 285 g/mol. The standard InChI is InChI=1S/C15H19N5O/c1-19(2)14-11-5-8-20(9-6-12(11)17-10-18-14)15(21)13-4-3-7-16-13/h3-4,7,10,16H,5-6,8-9H2,1-2H3. The van der Waals surface area contributed by atoms with Crippen LogP contribution in [0.25, 0.3) is 0 Å². The van der Waals surface area contributed by atoms with E-state index in [1.165, 1.54) is 0 Å². The van der Waals surface area contributed by atoms with E-state index in [2.05, 4.69) is 15.0 Å². The molecule has 0 saturated carbocycles. The molecule has 1 N–H and O–H groups in total. The lowest BCUT2D eigenvalue weighted by molar-refractivity contribution is 0.0758. The highest BCUT2D eigenvalue weighted by atomic mass is 16.2. The van der Waals surface area contributed by atoms with E-state index in [0.29, 0.717) is 18.8 Å². The molecule has 6 nitrogen and oxygen atoms in total. The third-order valence-corrected chi connectivity index (χ3v) is 3.80. The van der Waals surface area contributed by atoms with Gasteiger partial charge in [-0.05, 0) is 18.6 Å². The topological polar surface area (TPSA) is 65.1 Å². The van der Waals surface area contributed by atoms with E-state index in [1.807, 2.05) is 36.0 Å². The average Bonchev–Trinajstić information content (AvgIpc) is 2.92. The molecule has 3 heterocycles. The zero-order valence-electron chi connectivity index (χ0n) is 12.3. The van der Waals surface area contributed by atoms with E-state index in [1.54, 1.807) is 12.5 Å². The predicted octanol–water partition coefficient (Wildman–Crippen LogP) is 1.11. The number of aromatic nitrogens is 3. The van der Waals surface area contributed by atoms with Crippen LogP contribution in [-0.4, -0.2) is 52.9 Å². The minimum atomic E-state index is 0.0483. The summed E-state index contributed by atoms with van der Waals surface area (Å²) in [6, 6.07) is 3.65. The molecule has 0 aliphatic carbocycles. The number of anilines is 1. The summed E-state index contributed by atoms with van der Waals surface area (Å²) in [5, 5.41) is 0. The molecule has 0 atom stereocenters. The van der Waals surface area contributed by atoms with Gasteiger partial charge in [-0.2, -0.15) is 0 Å². The van der Waals surface area contributed by atoms with Crippen LogP contribution in [0, 0.1) is 0 Å². The van der Waals surface area contributed by atoms with Crippen molar-refractivity contribution in [2.24, 2.45) is 0 Å². The van der Waals surface area contributed by atoms with Crippen molar-refractivity contribution >= 4 is 11.7 Å². The van der Waals surface area contributed by atoms with Crippen LogP contribution < -0.4 is 4.90 Å². The number of hydrogen-bond acceptors (Lipinski definition) is 4. The fourth-order valence-electron chi connectivity index (χ4n) is 2.73. The summed E-state index contributed by atoms with van der Waals surface area (Å²) >= 11 is 0. The molecule has 110 valence electrons. The second kappa shape index (κ2) is 5.55. The predicted molar refractivity (Wildman–Crippen MR) is 80.5 cm³/mol. The van der Waals surface area contributed by atoms with E-state index in [9.17, 15) is 4.79 Å². The fraction of sp³-hybridized carbons (Fsp3) is 0.400. The first kappa shape index (κ1) is 13.6. The molecule has 0 aromatic carbocycles. The van der Waals surface area contributed by atoms with Crippen molar-refractivity contribution < 1.29 is 4.79 Å². The van der Waals surface area contributed by atoms with Crippen LogP contribution in [0.4, 0.5) is 5.82 Å². The Labute approximate surface area is 123 Å². The average molecular weight is 285 g/mol. The molecule has 1 aliphatic rings. The summed E-state index contributed by atoms with van der Waals surface area (Å²) in [6.07, 6.45) is 4.94. The third-order valence-electron chi connectivity index (χ3n) is 3.80. The number of amides is 1. The number of carbonyl (C=O) groups excluding carboxylic acids is 1. The largest absolute Gasteiger partial charge is 0.362 e. The normalized spacial score (nSPS) is 14.5. The summed E-state index contributed by atoms with van der Waals surface area (Å²) < 4.78 is 0. The third kappa shape index (κ3) is 2.61. The van der Waals surface area contributed by atoms with Crippen molar-refractivity contribution in [2.45, 2.75) is 12.8 Å². The lowest BCUT2D eigenvalue weighted by atomic mass is 10.1. The van der Waals surface area contributed by atoms with E-state index in [4.69, 9.17) is 0 Å². The quantitative estimate of drug-likeness (QED) is 0.898. The summed E-state index contributed by atoms with van der Waals surface area (Å²) in [7, 11) is 3.96. The second-order valence-electron chi connectivity index (χ2n) is 5.39. The number of nitrogens with one attached hydrogen (secondary N) is 1. The van der Waals surface area contributed by atoms with E-state index < -0.39 is 0 Å². The van der Waals surface area contributed by atoms with Crippen molar-refractivity contribution in [2.75, 3.05) is 32.1 Å². The zero-order chi connectivity index (χ0) is 14.8. The Balaban J connectivity index is 1.83. The van der Waals surface area contributed by atoms with Gasteiger partial charge in [0.15, 0.2) is 0 Å². The molecule has 1 amide bonds. The molecular formula is C15H19N5O. The van der Waals surface area contributed by atoms with Crippen LogP contribution in [0.5, 0.6) is 0 Å². The molecule has 6 heteroatoms. The van der Waals surface area contributed by atoms with Crippen LogP contribution in [0.15, 0.2) is 24.7 Å². The highest BCUT2D eigenvalue weighted by Crippen LogP contribution is 2.22. The molecule has 1 aliphatic heterocycles. The van der Waals surface area contributed by atoms with Gasteiger partial charge in [0, 0.05) is 45.4 Å². The maximum Gasteiger partial charge on any atom is 0.270 e. The van der Waals surface area contributed by atoms with Gasteiger partial charge < -0.3 is 14.8 Å². The number of nitrogens with zero attached hydrogens (tertiary/aromatic N) is 4. The lowest BCUT2D eigenvalue weighted by Gasteiger charge is -2.19. The smallest absolute Gasteiger partial charge is 0.270 e. The van der Waals surface area contributed by atoms with Crippen LogP contribution >= 0.6 is 0 Å². The van der Waals surface area contributed by atoms with Crippen molar-refractivity contribution in [3.05, 3.63) is 41.6 Å². The van der Waals surface area contributed by atoms with Gasteiger partial charge >= 0.3 is 0 Å². The molecule has 0 fully saturated rings. The van der Waals surface area contributed by atoms with Gasteiger partial charge in [-0.15, -0.1) is 0 Å². The second-order valence-corrected chi connectivity index (χ2v) is 5.39. The highest BCUT2D eigenvalue weighted by Gasteiger charge is 2.23. The minimum Gasteiger partial charge on any atom is -0.362 e. The summed E-state index contributed by atoms with van der Waals surface area (Å²) in [4.78, 5) is 28.0. The highest BCUT2D eigenvalue weighted by molar-refractivity contribution is 5.92. The Bertz CT molecular complexity index is 636. The Hall–Kier alpha value is -2.37. The molecule has 2 aromatic rings. The van der Waals surface area contributed by atoms with Gasteiger partial charge in [0.05, 0.1) is 5.69 Å². The van der Waals surface area contributed by atoms with Crippen molar-refractivity contribution in [1.29, 1.82) is 0 Å². The van der Waals surface area contributed by atoms with Crippen molar-refractivity contribution in [1.82, 2.24) is 19.9 Å². The lowest BCUT2D eigenvalue weighted by Crippen LogP contribution is -2.33. The van der Waals surface area contributed by atoms with Crippen LogP contribution in [0.1, 0.15) is 21.7 Å². The molecule has 0 radical (unpaired) electrons. The van der Waals surface area contributed by atoms with Crippen LogP contribution in [0.2, 0.25) is 0 Å². The zero-order valence-corrected chi connectivity index (χ0v) is 12.3. The van der Waals surface area contributed by atoms with Gasteiger partial charge in [0.25, 0.3) is 5.91 Å². The van der Waals surface area contributed by atoms with Gasteiger partial charge in [-0.25, -0.2) is 9.97 Å². The van der Waals surface area contributed by atoms with E-state index in [-0.39, 0.29) is 5.91 Å².